The number of amides is 2. The van der Waals surface area contributed by atoms with Gasteiger partial charge in [-0.15, -0.1) is 0 Å². The van der Waals surface area contributed by atoms with Crippen LogP contribution < -0.4 is 20.9 Å². The van der Waals surface area contributed by atoms with Crippen LogP contribution in [0.5, 0.6) is 0 Å². The third-order valence-corrected chi connectivity index (χ3v) is 4.85. The Hall–Kier alpha value is -3.55. The molecule has 8 nitrogen and oxygen atoms in total. The maximum absolute atomic E-state index is 11.8. The zero-order valence-corrected chi connectivity index (χ0v) is 17.3. The SMILES string of the molecule is CN=C(NCc1ccc(NC(=O)OC)cc1)NCc1ccc(N2CCCC2=O)cc1. The molecular weight excluding hydrogens is 382 g/mol. The fourth-order valence-electron chi connectivity index (χ4n) is 3.18. The maximum atomic E-state index is 11.8. The van der Waals surface area contributed by atoms with Crippen molar-refractivity contribution >= 4 is 29.3 Å². The number of methoxy groups -OCH3 is 1. The van der Waals surface area contributed by atoms with Gasteiger partial charge in [0.2, 0.25) is 5.91 Å². The van der Waals surface area contributed by atoms with Crippen LogP contribution >= 0.6 is 0 Å². The standard InChI is InChI=1S/C22H27N5O3/c1-23-21(24-14-16-5-9-18(10-6-16)26-22(29)30-2)25-15-17-7-11-19(12-8-17)27-13-3-4-20(27)28/h5-12H,3-4,13-15H2,1-2H3,(H,26,29)(H2,23,24,25). The molecule has 1 aliphatic heterocycles. The molecule has 1 aliphatic rings. The van der Waals surface area contributed by atoms with Crippen LogP contribution in [0.3, 0.4) is 0 Å². The lowest BCUT2D eigenvalue weighted by Crippen LogP contribution is -2.36. The van der Waals surface area contributed by atoms with Crippen LogP contribution in [0.2, 0.25) is 0 Å². The number of rotatable bonds is 6. The molecule has 1 heterocycles. The Morgan fingerprint density at radius 3 is 2.13 bits per heavy atom. The Bertz CT molecular complexity index is 894. The smallest absolute Gasteiger partial charge is 0.411 e. The van der Waals surface area contributed by atoms with Crippen molar-refractivity contribution < 1.29 is 14.3 Å². The summed E-state index contributed by atoms with van der Waals surface area (Å²) in [6.45, 7) is 2.01. The average molecular weight is 409 g/mol. The second-order valence-electron chi connectivity index (χ2n) is 6.91. The van der Waals surface area contributed by atoms with E-state index < -0.39 is 6.09 Å². The van der Waals surface area contributed by atoms with E-state index in [0.717, 1.165) is 29.8 Å². The van der Waals surface area contributed by atoms with Gasteiger partial charge in [-0.25, -0.2) is 4.79 Å². The van der Waals surface area contributed by atoms with Crippen LogP contribution in [-0.4, -0.2) is 38.7 Å². The number of guanidine groups is 1. The van der Waals surface area contributed by atoms with E-state index >= 15 is 0 Å². The zero-order chi connectivity index (χ0) is 21.3. The van der Waals surface area contributed by atoms with Crippen molar-refractivity contribution in [2.24, 2.45) is 4.99 Å². The number of anilines is 2. The number of carbonyl (C=O) groups excluding carboxylic acids is 2. The van der Waals surface area contributed by atoms with Crippen molar-refractivity contribution in [2.75, 3.05) is 30.9 Å². The highest BCUT2D eigenvalue weighted by molar-refractivity contribution is 5.95. The summed E-state index contributed by atoms with van der Waals surface area (Å²) in [6, 6.07) is 15.5. The molecular formula is C22H27N5O3. The van der Waals surface area contributed by atoms with Crippen molar-refractivity contribution in [2.45, 2.75) is 25.9 Å². The molecule has 1 saturated heterocycles. The maximum Gasteiger partial charge on any atom is 0.411 e. The van der Waals surface area contributed by atoms with Gasteiger partial charge in [-0.3, -0.25) is 15.1 Å². The molecule has 0 saturated carbocycles. The molecule has 0 aromatic heterocycles. The zero-order valence-electron chi connectivity index (χ0n) is 17.3. The molecule has 0 radical (unpaired) electrons. The van der Waals surface area contributed by atoms with Gasteiger partial charge in [0, 0.05) is 44.5 Å². The van der Waals surface area contributed by atoms with Crippen molar-refractivity contribution in [3.05, 3.63) is 59.7 Å². The first-order valence-corrected chi connectivity index (χ1v) is 9.87. The predicted octanol–water partition coefficient (Wildman–Crippen LogP) is 2.86. The summed E-state index contributed by atoms with van der Waals surface area (Å²) < 4.78 is 4.57. The number of nitrogens with zero attached hydrogens (tertiary/aromatic N) is 2. The van der Waals surface area contributed by atoms with Gasteiger partial charge in [0.05, 0.1) is 7.11 Å². The van der Waals surface area contributed by atoms with Crippen molar-refractivity contribution in [3.8, 4) is 0 Å². The Morgan fingerprint density at radius 2 is 1.63 bits per heavy atom. The third kappa shape index (κ3) is 5.73. The van der Waals surface area contributed by atoms with E-state index in [9.17, 15) is 9.59 Å². The van der Waals surface area contributed by atoms with Crippen LogP contribution in [0, 0.1) is 0 Å². The van der Waals surface area contributed by atoms with Gasteiger partial charge in [0.25, 0.3) is 0 Å². The molecule has 8 heteroatoms. The first kappa shape index (κ1) is 21.2. The van der Waals surface area contributed by atoms with E-state index in [1.54, 1.807) is 7.05 Å². The minimum atomic E-state index is -0.495. The number of hydrogen-bond donors (Lipinski definition) is 3. The summed E-state index contributed by atoms with van der Waals surface area (Å²) >= 11 is 0. The van der Waals surface area contributed by atoms with E-state index in [-0.39, 0.29) is 5.91 Å². The molecule has 3 N–H and O–H groups in total. The lowest BCUT2D eigenvalue weighted by molar-refractivity contribution is -0.117. The lowest BCUT2D eigenvalue weighted by atomic mass is 10.2. The summed E-state index contributed by atoms with van der Waals surface area (Å²) in [5.74, 6) is 0.880. The largest absolute Gasteiger partial charge is 0.453 e. The van der Waals surface area contributed by atoms with Gasteiger partial charge < -0.3 is 20.3 Å². The average Bonchev–Trinajstić information content (AvgIpc) is 3.21. The van der Waals surface area contributed by atoms with E-state index in [0.29, 0.717) is 31.2 Å². The Labute approximate surface area is 176 Å². The summed E-state index contributed by atoms with van der Waals surface area (Å²) in [5.41, 5.74) is 3.78. The predicted molar refractivity (Wildman–Crippen MR) is 118 cm³/mol. The third-order valence-electron chi connectivity index (χ3n) is 4.85. The van der Waals surface area contributed by atoms with Gasteiger partial charge >= 0.3 is 6.09 Å². The van der Waals surface area contributed by atoms with Crippen molar-refractivity contribution in [1.29, 1.82) is 0 Å². The summed E-state index contributed by atoms with van der Waals surface area (Å²) in [6.07, 6.45) is 1.07. The molecule has 158 valence electrons. The Morgan fingerprint density at radius 1 is 1.03 bits per heavy atom. The van der Waals surface area contributed by atoms with Crippen LogP contribution in [0.1, 0.15) is 24.0 Å². The monoisotopic (exact) mass is 409 g/mol. The van der Waals surface area contributed by atoms with Gasteiger partial charge in [0.15, 0.2) is 5.96 Å². The first-order chi connectivity index (χ1) is 14.6. The molecule has 30 heavy (non-hydrogen) atoms. The number of carbonyl (C=O) groups is 2. The molecule has 2 amide bonds. The van der Waals surface area contributed by atoms with Gasteiger partial charge in [-0.2, -0.15) is 0 Å². The van der Waals surface area contributed by atoms with E-state index in [1.807, 2.05) is 53.4 Å². The van der Waals surface area contributed by atoms with E-state index in [1.165, 1.54) is 7.11 Å². The van der Waals surface area contributed by atoms with Crippen LogP contribution in [0.15, 0.2) is 53.5 Å². The molecule has 0 aliphatic carbocycles. The van der Waals surface area contributed by atoms with E-state index in [2.05, 4.69) is 25.7 Å². The number of hydrogen-bond acceptors (Lipinski definition) is 4. The topological polar surface area (TPSA) is 95.1 Å². The number of benzene rings is 2. The minimum Gasteiger partial charge on any atom is -0.453 e. The quantitative estimate of drug-likeness (QED) is 0.504. The molecule has 2 aromatic carbocycles. The highest BCUT2D eigenvalue weighted by Gasteiger charge is 2.21. The normalized spacial score (nSPS) is 13.9. The molecule has 0 atom stereocenters. The van der Waals surface area contributed by atoms with Crippen LogP contribution in [-0.2, 0) is 22.6 Å². The highest BCUT2D eigenvalue weighted by atomic mass is 16.5. The summed E-state index contributed by atoms with van der Waals surface area (Å²) in [7, 11) is 3.05. The molecule has 1 fully saturated rings. The van der Waals surface area contributed by atoms with Crippen molar-refractivity contribution in [1.82, 2.24) is 10.6 Å². The molecule has 0 spiro atoms. The van der Waals surface area contributed by atoms with Gasteiger partial charge in [0.1, 0.15) is 0 Å². The molecule has 3 rings (SSSR count). The Balaban J connectivity index is 1.46. The van der Waals surface area contributed by atoms with Gasteiger partial charge in [-0.1, -0.05) is 24.3 Å². The number of aliphatic imine (C=N–C) groups is 1. The van der Waals surface area contributed by atoms with E-state index in [4.69, 9.17) is 0 Å². The Kier molecular flexibility index (Phi) is 7.26. The molecule has 0 unspecified atom stereocenters. The summed E-state index contributed by atoms with van der Waals surface area (Å²) in [4.78, 5) is 29.2. The fraction of sp³-hybridized carbons (Fsp3) is 0.318. The minimum absolute atomic E-state index is 0.194. The van der Waals surface area contributed by atoms with Crippen LogP contribution in [0.25, 0.3) is 0 Å². The second kappa shape index (κ2) is 10.3. The lowest BCUT2D eigenvalue weighted by Gasteiger charge is -2.16. The fourth-order valence-corrected chi connectivity index (χ4v) is 3.18. The molecule has 0 bridgehead atoms. The van der Waals surface area contributed by atoms with Gasteiger partial charge in [-0.05, 0) is 41.8 Å². The number of ether oxygens (including phenoxy) is 1. The first-order valence-electron chi connectivity index (χ1n) is 9.87. The number of nitrogens with one attached hydrogen (secondary N) is 3. The van der Waals surface area contributed by atoms with Crippen LogP contribution in [0.4, 0.5) is 16.2 Å². The summed E-state index contributed by atoms with van der Waals surface area (Å²) in [5, 5.41) is 9.17. The highest BCUT2D eigenvalue weighted by Crippen LogP contribution is 2.21. The van der Waals surface area contributed by atoms with Crippen molar-refractivity contribution in [3.63, 3.8) is 0 Å². The molecule has 2 aromatic rings. The second-order valence-corrected chi connectivity index (χ2v) is 6.91.